The smallest absolute Gasteiger partial charge is 0.511 e. The Balaban J connectivity index is 1.46. The third-order valence-corrected chi connectivity index (χ3v) is 7.04. The summed E-state index contributed by atoms with van der Waals surface area (Å²) in [6, 6.07) is 11.6. The van der Waals surface area contributed by atoms with Crippen molar-refractivity contribution in [3.05, 3.63) is 58.7 Å². The van der Waals surface area contributed by atoms with Gasteiger partial charge in [-0.1, -0.05) is 43.3 Å². The van der Waals surface area contributed by atoms with Gasteiger partial charge in [0.1, 0.15) is 17.8 Å². The lowest BCUT2D eigenvalue weighted by Crippen LogP contribution is -2.37. The van der Waals surface area contributed by atoms with Gasteiger partial charge in [-0.3, -0.25) is 14.4 Å². The van der Waals surface area contributed by atoms with Gasteiger partial charge in [-0.2, -0.15) is 0 Å². The van der Waals surface area contributed by atoms with Gasteiger partial charge in [0.15, 0.2) is 0 Å². The second kappa shape index (κ2) is 12.8. The van der Waals surface area contributed by atoms with E-state index in [0.717, 1.165) is 34.5 Å². The second-order valence-electron chi connectivity index (χ2n) is 8.94. The summed E-state index contributed by atoms with van der Waals surface area (Å²) in [5.74, 6) is 1.39. The van der Waals surface area contributed by atoms with E-state index in [4.69, 9.17) is 27.9 Å². The van der Waals surface area contributed by atoms with Crippen LogP contribution in [0.5, 0.6) is 11.5 Å². The van der Waals surface area contributed by atoms with Gasteiger partial charge < -0.3 is 37.7 Å². The van der Waals surface area contributed by atoms with Gasteiger partial charge in [-0.15, -0.1) is 0 Å². The van der Waals surface area contributed by atoms with E-state index in [2.05, 4.69) is 11.8 Å². The van der Waals surface area contributed by atoms with Crippen molar-refractivity contribution in [2.24, 2.45) is 0 Å². The summed E-state index contributed by atoms with van der Waals surface area (Å²) in [6.07, 6.45) is -0.366. The fourth-order valence-electron chi connectivity index (χ4n) is 4.44. The van der Waals surface area contributed by atoms with Crippen LogP contribution in [0.1, 0.15) is 29.2 Å². The Hall–Kier alpha value is -1.92. The topological polar surface area (TPSA) is 119 Å². The van der Waals surface area contributed by atoms with Crippen LogP contribution < -0.4 is 9.31 Å². The van der Waals surface area contributed by atoms with Crippen LogP contribution in [0.2, 0.25) is 0 Å². The summed E-state index contributed by atoms with van der Waals surface area (Å²) in [6.45, 7) is 5.47. The molecule has 2 aromatic rings. The zero-order valence-corrected chi connectivity index (χ0v) is 22.3. The second-order valence-corrected chi connectivity index (χ2v) is 10.6. The normalized spacial score (nSPS) is 15.4. The molecule has 200 valence electrons. The average Bonchev–Trinajstić information content (AvgIpc) is 2.89. The van der Waals surface area contributed by atoms with Crippen LogP contribution in [0, 0.1) is 0 Å². The minimum absolute atomic E-state index is 0.305. The molecule has 0 fully saturated rings. The Bertz CT molecular complexity index is 1110. The molecule has 2 aliphatic heterocycles. The van der Waals surface area contributed by atoms with Gasteiger partial charge in [0, 0.05) is 62.7 Å². The maximum Gasteiger partial charge on any atom is 0.713 e. The Morgan fingerprint density at radius 1 is 0.865 bits per heavy atom. The van der Waals surface area contributed by atoms with Crippen molar-refractivity contribution in [1.29, 1.82) is 0 Å². The molecule has 37 heavy (non-hydrogen) atoms. The van der Waals surface area contributed by atoms with E-state index in [9.17, 15) is 14.4 Å². The zero-order chi connectivity index (χ0) is 26.4. The van der Waals surface area contributed by atoms with Crippen LogP contribution in [0.15, 0.2) is 36.4 Å². The van der Waals surface area contributed by atoms with Crippen LogP contribution in [0.25, 0.3) is 0 Å². The summed E-state index contributed by atoms with van der Waals surface area (Å²) >= 11 is 0. The van der Waals surface area contributed by atoms with Gasteiger partial charge >= 0.3 is 22.2 Å². The van der Waals surface area contributed by atoms with E-state index in [1.54, 1.807) is 4.90 Å². The molecule has 0 aliphatic carbocycles. The summed E-state index contributed by atoms with van der Waals surface area (Å²) in [4.78, 5) is 23.5. The molecule has 4 rings (SSSR count). The molecule has 11 nitrogen and oxygen atoms in total. The van der Waals surface area contributed by atoms with E-state index in [0.29, 0.717) is 45.1 Å². The standard InChI is InChI=1S/C23H33B2N2O9P/c1-4-26(13-18-7-5-9-20-15-33-24(31-2)35-22(18)20)11-12-27(17-37(28,29)30)14-19-8-6-10-21-16-34-25(32-3)36-23(19)21/h5-10H,4,11-17H2,1-3H3,(H2,28,29,30). The fourth-order valence-corrected chi connectivity index (χ4v) is 5.20. The van der Waals surface area contributed by atoms with Crippen molar-refractivity contribution < 1.29 is 42.3 Å². The molecule has 0 atom stereocenters. The lowest BCUT2D eigenvalue weighted by atomic mass is 10.0. The predicted molar refractivity (Wildman–Crippen MR) is 138 cm³/mol. The highest BCUT2D eigenvalue weighted by Gasteiger charge is 2.32. The molecule has 2 aromatic carbocycles. The van der Waals surface area contributed by atoms with E-state index in [1.807, 2.05) is 36.4 Å². The molecule has 0 aromatic heterocycles. The number of fused-ring (bicyclic) bond motifs is 2. The number of nitrogens with zero attached hydrogens (tertiary/aromatic N) is 2. The molecule has 0 radical (unpaired) electrons. The summed E-state index contributed by atoms with van der Waals surface area (Å²) in [5, 5.41) is 0. The van der Waals surface area contributed by atoms with Crippen molar-refractivity contribution in [1.82, 2.24) is 9.80 Å². The van der Waals surface area contributed by atoms with Crippen molar-refractivity contribution in [2.75, 3.05) is 40.1 Å². The quantitative estimate of drug-likeness (QED) is 0.308. The molecule has 0 bridgehead atoms. The molecule has 0 saturated heterocycles. The first-order valence-corrected chi connectivity index (χ1v) is 13.9. The molecule has 0 spiro atoms. The van der Waals surface area contributed by atoms with Crippen LogP contribution in [0.4, 0.5) is 0 Å². The minimum atomic E-state index is -4.30. The molecule has 0 unspecified atom stereocenters. The van der Waals surface area contributed by atoms with Gasteiger partial charge in [-0.05, 0) is 6.54 Å². The Morgan fingerprint density at radius 3 is 1.81 bits per heavy atom. The Labute approximate surface area is 218 Å². The van der Waals surface area contributed by atoms with Crippen molar-refractivity contribution in [3.63, 3.8) is 0 Å². The van der Waals surface area contributed by atoms with Crippen LogP contribution in [-0.2, 0) is 49.5 Å². The number of likely N-dealkylation sites (N-methyl/N-ethyl adjacent to an activating group) is 1. The molecular weight excluding hydrogens is 501 g/mol. The van der Waals surface area contributed by atoms with Crippen LogP contribution >= 0.6 is 7.60 Å². The molecule has 2 aliphatic rings. The summed E-state index contributed by atoms with van der Waals surface area (Å²) in [7, 11) is -2.83. The van der Waals surface area contributed by atoms with Crippen molar-refractivity contribution >= 4 is 22.2 Å². The number of hydrogen-bond donors (Lipinski definition) is 2. The van der Waals surface area contributed by atoms with E-state index < -0.39 is 22.2 Å². The number of para-hydroxylation sites is 2. The fraction of sp³-hybridized carbons (Fsp3) is 0.478. The first kappa shape index (κ1) is 28.1. The third-order valence-electron chi connectivity index (χ3n) is 6.27. The van der Waals surface area contributed by atoms with Crippen LogP contribution in [0.3, 0.4) is 0 Å². The lowest BCUT2D eigenvalue weighted by molar-refractivity contribution is 0.136. The van der Waals surface area contributed by atoms with Crippen molar-refractivity contribution in [2.45, 2.75) is 33.2 Å². The minimum Gasteiger partial charge on any atom is -0.511 e. The largest absolute Gasteiger partial charge is 0.713 e. The highest BCUT2D eigenvalue weighted by Crippen LogP contribution is 2.37. The molecule has 0 saturated carbocycles. The van der Waals surface area contributed by atoms with Crippen molar-refractivity contribution in [3.8, 4) is 11.5 Å². The monoisotopic (exact) mass is 534 g/mol. The highest BCUT2D eigenvalue weighted by atomic mass is 31.2. The zero-order valence-electron chi connectivity index (χ0n) is 21.4. The maximum atomic E-state index is 12.0. The molecule has 0 amide bonds. The van der Waals surface area contributed by atoms with Gasteiger partial charge in [0.05, 0.1) is 13.2 Å². The molecule has 2 heterocycles. The third kappa shape index (κ3) is 7.57. The first-order chi connectivity index (χ1) is 17.8. The van der Waals surface area contributed by atoms with Crippen LogP contribution in [-0.4, -0.2) is 74.4 Å². The summed E-state index contributed by atoms with van der Waals surface area (Å²) < 4.78 is 45.1. The number of benzene rings is 2. The number of rotatable bonds is 12. The molecule has 14 heteroatoms. The summed E-state index contributed by atoms with van der Waals surface area (Å²) in [5.41, 5.74) is 3.64. The highest BCUT2D eigenvalue weighted by molar-refractivity contribution is 7.51. The SMILES string of the molecule is CCN(CCN(Cc1cccc2c1OB(OC)OC2)CP(=O)(O)O)Cc1cccc2c1OB(OC)OC2. The predicted octanol–water partition coefficient (Wildman–Crippen LogP) is 2.23. The van der Waals surface area contributed by atoms with Gasteiger partial charge in [0.25, 0.3) is 0 Å². The van der Waals surface area contributed by atoms with Gasteiger partial charge in [-0.25, -0.2) is 0 Å². The lowest BCUT2D eigenvalue weighted by Gasteiger charge is -2.30. The maximum absolute atomic E-state index is 12.0. The van der Waals surface area contributed by atoms with Gasteiger partial charge in [0.2, 0.25) is 0 Å². The van der Waals surface area contributed by atoms with E-state index >= 15 is 0 Å². The molecule has 2 N–H and O–H groups in total. The average molecular weight is 534 g/mol. The molecular formula is C23H33B2N2O9P. The van der Waals surface area contributed by atoms with E-state index in [-0.39, 0.29) is 6.29 Å². The number of hydrogen-bond acceptors (Lipinski definition) is 9. The Kier molecular flexibility index (Phi) is 9.68. The Morgan fingerprint density at radius 2 is 1.35 bits per heavy atom. The van der Waals surface area contributed by atoms with E-state index in [1.165, 1.54) is 14.2 Å². The first-order valence-electron chi connectivity index (χ1n) is 12.1.